The number of hydrogen-bond acceptors (Lipinski definition) is 3. The van der Waals surface area contributed by atoms with Gasteiger partial charge in [-0.3, -0.25) is 9.89 Å². The first-order valence-corrected chi connectivity index (χ1v) is 9.30. The van der Waals surface area contributed by atoms with Crippen molar-refractivity contribution in [3.8, 4) is 0 Å². The molecule has 2 aromatic rings. The Morgan fingerprint density at radius 1 is 1.20 bits per heavy atom. The predicted octanol–water partition coefficient (Wildman–Crippen LogP) is 2.89. The Labute approximate surface area is 148 Å². The van der Waals surface area contributed by atoms with Gasteiger partial charge in [-0.1, -0.05) is 30.3 Å². The van der Waals surface area contributed by atoms with Crippen LogP contribution in [0.25, 0.3) is 0 Å². The maximum absolute atomic E-state index is 13.0. The predicted molar refractivity (Wildman–Crippen MR) is 97.7 cm³/mol. The molecule has 2 aliphatic rings. The summed E-state index contributed by atoms with van der Waals surface area (Å²) in [5, 5.41) is 10.7. The van der Waals surface area contributed by atoms with Crippen LogP contribution < -0.4 is 5.32 Å². The number of aromatic nitrogens is 2. The molecule has 2 heterocycles. The summed E-state index contributed by atoms with van der Waals surface area (Å²) in [6.07, 6.45) is 6.05. The maximum atomic E-state index is 13.0. The van der Waals surface area contributed by atoms with Crippen LogP contribution in [0, 0.1) is 0 Å². The van der Waals surface area contributed by atoms with E-state index in [9.17, 15) is 4.79 Å². The number of carbonyl (C=O) groups is 1. The summed E-state index contributed by atoms with van der Waals surface area (Å²) in [5.74, 6) is 1.04. The van der Waals surface area contributed by atoms with Crippen LogP contribution in [-0.4, -0.2) is 47.2 Å². The van der Waals surface area contributed by atoms with Gasteiger partial charge in [-0.2, -0.15) is 5.10 Å². The number of nitrogens with zero attached hydrogens (tertiary/aromatic N) is 2. The molecule has 132 valence electrons. The van der Waals surface area contributed by atoms with E-state index >= 15 is 0 Å². The molecular formula is C20H26N4O. The van der Waals surface area contributed by atoms with Gasteiger partial charge in [-0.25, -0.2) is 0 Å². The lowest BCUT2D eigenvalue weighted by molar-refractivity contribution is 0.0618. The summed E-state index contributed by atoms with van der Waals surface area (Å²) in [6, 6.07) is 10.9. The number of nitrogens with one attached hydrogen (secondary N) is 2. The van der Waals surface area contributed by atoms with Gasteiger partial charge in [-0.15, -0.1) is 0 Å². The number of rotatable bonds is 4. The van der Waals surface area contributed by atoms with E-state index in [2.05, 4.69) is 45.8 Å². The minimum Gasteiger partial charge on any atom is -0.339 e. The molecule has 5 heteroatoms. The molecule has 4 rings (SSSR count). The zero-order chi connectivity index (χ0) is 17.2. The normalized spacial score (nSPS) is 26.0. The van der Waals surface area contributed by atoms with Crippen LogP contribution >= 0.6 is 0 Å². The molecule has 1 unspecified atom stereocenters. The van der Waals surface area contributed by atoms with Gasteiger partial charge in [0, 0.05) is 25.6 Å². The summed E-state index contributed by atoms with van der Waals surface area (Å²) in [4.78, 5) is 14.9. The van der Waals surface area contributed by atoms with E-state index in [4.69, 9.17) is 0 Å². The third kappa shape index (κ3) is 3.21. The first kappa shape index (κ1) is 16.3. The molecule has 1 aliphatic heterocycles. The van der Waals surface area contributed by atoms with Crippen LogP contribution in [0.4, 0.5) is 0 Å². The van der Waals surface area contributed by atoms with Crippen LogP contribution in [-0.2, 0) is 0 Å². The second-order valence-corrected chi connectivity index (χ2v) is 7.39. The second-order valence-electron chi connectivity index (χ2n) is 7.39. The van der Waals surface area contributed by atoms with Crippen molar-refractivity contribution >= 4 is 5.91 Å². The van der Waals surface area contributed by atoms with Crippen LogP contribution in [0.3, 0.4) is 0 Å². The summed E-state index contributed by atoms with van der Waals surface area (Å²) in [6.45, 7) is 1.99. The molecule has 1 aliphatic carbocycles. The molecule has 25 heavy (non-hydrogen) atoms. The molecule has 1 aromatic carbocycles. The lowest BCUT2D eigenvalue weighted by atomic mass is 9.75. The minimum absolute atomic E-state index is 0.103. The van der Waals surface area contributed by atoms with E-state index in [1.54, 1.807) is 6.20 Å². The van der Waals surface area contributed by atoms with Crippen molar-refractivity contribution in [3.63, 3.8) is 0 Å². The Hall–Kier alpha value is -2.14. The van der Waals surface area contributed by atoms with E-state index in [0.717, 1.165) is 50.0 Å². The van der Waals surface area contributed by atoms with Crippen LogP contribution in [0.1, 0.15) is 59.1 Å². The van der Waals surface area contributed by atoms with Gasteiger partial charge in [-0.05, 0) is 43.7 Å². The zero-order valence-electron chi connectivity index (χ0n) is 14.7. The second kappa shape index (κ2) is 7.00. The fourth-order valence-corrected chi connectivity index (χ4v) is 4.13. The summed E-state index contributed by atoms with van der Waals surface area (Å²) >= 11 is 0. The van der Waals surface area contributed by atoms with Gasteiger partial charge in [0.25, 0.3) is 5.91 Å². The van der Waals surface area contributed by atoms with Crippen LogP contribution in [0.5, 0.6) is 0 Å². The molecular weight excluding hydrogens is 312 g/mol. The first-order chi connectivity index (χ1) is 12.2. The Kier molecular flexibility index (Phi) is 4.57. The molecule has 2 fully saturated rings. The Morgan fingerprint density at radius 3 is 2.72 bits per heavy atom. The maximum Gasteiger partial charge on any atom is 0.257 e. The molecule has 1 saturated heterocycles. The van der Waals surface area contributed by atoms with Crippen molar-refractivity contribution in [1.29, 1.82) is 0 Å². The van der Waals surface area contributed by atoms with Crippen LogP contribution in [0.15, 0.2) is 36.5 Å². The Bertz CT molecular complexity index is 714. The number of H-pyrrole nitrogens is 1. The van der Waals surface area contributed by atoms with Crippen molar-refractivity contribution in [1.82, 2.24) is 20.4 Å². The van der Waals surface area contributed by atoms with Gasteiger partial charge in [0.05, 0.1) is 17.5 Å². The van der Waals surface area contributed by atoms with Crippen LogP contribution in [0.2, 0.25) is 0 Å². The fraction of sp³-hybridized carbons (Fsp3) is 0.500. The quantitative estimate of drug-likeness (QED) is 0.901. The smallest absolute Gasteiger partial charge is 0.257 e. The summed E-state index contributed by atoms with van der Waals surface area (Å²) in [5.41, 5.74) is 3.14. The number of aromatic amines is 1. The molecule has 1 saturated carbocycles. The average Bonchev–Trinajstić information content (AvgIpc) is 3.11. The van der Waals surface area contributed by atoms with Gasteiger partial charge >= 0.3 is 0 Å². The van der Waals surface area contributed by atoms with E-state index in [-0.39, 0.29) is 5.91 Å². The molecule has 0 spiro atoms. The van der Waals surface area contributed by atoms with Gasteiger partial charge in [0.1, 0.15) is 0 Å². The molecule has 0 bridgehead atoms. The van der Waals surface area contributed by atoms with Gasteiger partial charge in [0.15, 0.2) is 0 Å². The number of carbonyl (C=O) groups excluding carboxylic acids is 1. The first-order valence-electron chi connectivity index (χ1n) is 9.30. The number of benzene rings is 1. The molecule has 1 amide bonds. The van der Waals surface area contributed by atoms with Gasteiger partial charge in [0.2, 0.25) is 0 Å². The highest BCUT2D eigenvalue weighted by Gasteiger charge is 2.36. The van der Waals surface area contributed by atoms with Crippen molar-refractivity contribution < 1.29 is 4.79 Å². The lowest BCUT2D eigenvalue weighted by Gasteiger charge is -2.41. The standard InChI is InChI=1S/C20H26N4O/c1-24(17-10-16(11-17)14-6-3-2-4-7-14)20(25)18-13-22-23-19(18)15-8-5-9-21-12-15/h2-4,6-7,13,15-17,21H,5,8-12H2,1H3,(H,22,23). The topological polar surface area (TPSA) is 61.0 Å². The summed E-state index contributed by atoms with van der Waals surface area (Å²) < 4.78 is 0. The molecule has 5 nitrogen and oxygen atoms in total. The van der Waals surface area contributed by atoms with Crippen molar-refractivity contribution in [3.05, 3.63) is 53.3 Å². The highest BCUT2D eigenvalue weighted by Crippen LogP contribution is 2.40. The number of hydrogen-bond donors (Lipinski definition) is 2. The highest BCUT2D eigenvalue weighted by atomic mass is 16.2. The zero-order valence-corrected chi connectivity index (χ0v) is 14.7. The number of amides is 1. The molecule has 0 radical (unpaired) electrons. The highest BCUT2D eigenvalue weighted by molar-refractivity contribution is 5.95. The molecule has 2 N–H and O–H groups in total. The Morgan fingerprint density at radius 2 is 2.00 bits per heavy atom. The number of piperidine rings is 1. The van der Waals surface area contributed by atoms with Crippen molar-refractivity contribution in [2.45, 2.75) is 43.6 Å². The van der Waals surface area contributed by atoms with E-state index in [0.29, 0.717) is 17.9 Å². The Balaban J connectivity index is 1.41. The lowest BCUT2D eigenvalue weighted by Crippen LogP contribution is -2.45. The van der Waals surface area contributed by atoms with E-state index in [1.807, 2.05) is 11.9 Å². The SMILES string of the molecule is CN(C(=O)c1cn[nH]c1C1CCCNC1)C1CC(c2ccccc2)C1. The van der Waals surface area contributed by atoms with Crippen molar-refractivity contribution in [2.24, 2.45) is 0 Å². The van der Waals surface area contributed by atoms with Crippen molar-refractivity contribution in [2.75, 3.05) is 20.1 Å². The monoisotopic (exact) mass is 338 g/mol. The van der Waals surface area contributed by atoms with E-state index in [1.165, 1.54) is 5.56 Å². The average molecular weight is 338 g/mol. The fourth-order valence-electron chi connectivity index (χ4n) is 4.13. The third-order valence-corrected chi connectivity index (χ3v) is 5.86. The minimum atomic E-state index is 0.103. The van der Waals surface area contributed by atoms with Gasteiger partial charge < -0.3 is 10.2 Å². The summed E-state index contributed by atoms with van der Waals surface area (Å²) in [7, 11) is 1.93. The molecule has 1 atom stereocenters. The largest absolute Gasteiger partial charge is 0.339 e. The third-order valence-electron chi connectivity index (χ3n) is 5.86. The molecule has 1 aromatic heterocycles. The van der Waals surface area contributed by atoms with E-state index < -0.39 is 0 Å².